The van der Waals surface area contributed by atoms with Crippen molar-refractivity contribution in [1.29, 1.82) is 0 Å². The molecule has 1 aromatic rings. The van der Waals surface area contributed by atoms with E-state index in [1.165, 1.54) is 5.69 Å². The molecule has 0 atom stereocenters. The SMILES string of the molecule is CC(C)n1cccc1CS. The predicted molar refractivity (Wildman–Crippen MR) is 47.5 cm³/mol. The van der Waals surface area contributed by atoms with E-state index in [-0.39, 0.29) is 0 Å². The predicted octanol–water partition coefficient (Wildman–Crippen LogP) is 2.50. The average Bonchev–Trinajstić information content (AvgIpc) is 2.33. The van der Waals surface area contributed by atoms with Gasteiger partial charge in [-0.25, -0.2) is 0 Å². The number of rotatable bonds is 2. The zero-order valence-electron chi connectivity index (χ0n) is 6.41. The van der Waals surface area contributed by atoms with Gasteiger partial charge < -0.3 is 4.57 Å². The third kappa shape index (κ3) is 1.37. The van der Waals surface area contributed by atoms with Crippen LogP contribution in [0.5, 0.6) is 0 Å². The molecule has 0 aliphatic heterocycles. The van der Waals surface area contributed by atoms with Crippen molar-refractivity contribution in [2.75, 3.05) is 0 Å². The van der Waals surface area contributed by atoms with Gasteiger partial charge in [0.1, 0.15) is 0 Å². The Balaban J connectivity index is 2.90. The highest BCUT2D eigenvalue weighted by atomic mass is 32.1. The molecule has 1 aromatic heterocycles. The first-order valence-corrected chi connectivity index (χ1v) is 4.15. The number of nitrogens with zero attached hydrogens (tertiary/aromatic N) is 1. The van der Waals surface area contributed by atoms with Crippen molar-refractivity contribution in [2.24, 2.45) is 0 Å². The van der Waals surface area contributed by atoms with Crippen LogP contribution in [0.15, 0.2) is 18.3 Å². The van der Waals surface area contributed by atoms with E-state index in [0.717, 1.165) is 5.75 Å². The normalized spacial score (nSPS) is 10.8. The molecule has 0 aromatic carbocycles. The lowest BCUT2D eigenvalue weighted by Crippen LogP contribution is -2.01. The Bertz CT molecular complexity index is 203. The van der Waals surface area contributed by atoms with Gasteiger partial charge in [0.25, 0.3) is 0 Å². The first kappa shape index (κ1) is 7.73. The molecule has 2 heteroatoms. The molecule has 0 unspecified atom stereocenters. The minimum atomic E-state index is 0.553. The molecule has 1 nitrogen and oxygen atoms in total. The second-order valence-corrected chi connectivity index (χ2v) is 2.97. The minimum absolute atomic E-state index is 0.553. The van der Waals surface area contributed by atoms with E-state index in [1.54, 1.807) is 0 Å². The van der Waals surface area contributed by atoms with E-state index in [9.17, 15) is 0 Å². The molecule has 0 N–H and O–H groups in total. The van der Waals surface area contributed by atoms with E-state index in [0.29, 0.717) is 6.04 Å². The quantitative estimate of drug-likeness (QED) is 0.626. The Morgan fingerprint density at radius 1 is 1.60 bits per heavy atom. The highest BCUT2D eigenvalue weighted by Crippen LogP contribution is 2.11. The average molecular weight is 155 g/mol. The lowest BCUT2D eigenvalue weighted by atomic mass is 10.4. The van der Waals surface area contributed by atoms with Gasteiger partial charge in [-0.3, -0.25) is 0 Å². The summed E-state index contributed by atoms with van der Waals surface area (Å²) >= 11 is 4.22. The maximum atomic E-state index is 4.22. The fourth-order valence-electron chi connectivity index (χ4n) is 1.07. The Morgan fingerprint density at radius 2 is 2.30 bits per heavy atom. The molecule has 0 spiro atoms. The lowest BCUT2D eigenvalue weighted by molar-refractivity contribution is 0.587. The largest absolute Gasteiger partial charge is 0.348 e. The van der Waals surface area contributed by atoms with E-state index in [2.05, 4.69) is 49.4 Å². The third-order valence-electron chi connectivity index (χ3n) is 1.59. The third-order valence-corrected chi connectivity index (χ3v) is 1.91. The van der Waals surface area contributed by atoms with Crippen molar-refractivity contribution in [3.63, 3.8) is 0 Å². The molecule has 56 valence electrons. The van der Waals surface area contributed by atoms with E-state index >= 15 is 0 Å². The number of aromatic nitrogens is 1. The standard InChI is InChI=1S/C8H13NS/c1-7(2)9-5-3-4-8(9)6-10/h3-5,7,10H,6H2,1-2H3. The molecule has 0 bridgehead atoms. The smallest absolute Gasteiger partial charge is 0.0307 e. The van der Waals surface area contributed by atoms with Crippen molar-refractivity contribution in [3.8, 4) is 0 Å². The molecule has 0 aliphatic carbocycles. The second-order valence-electron chi connectivity index (χ2n) is 2.66. The van der Waals surface area contributed by atoms with Crippen LogP contribution in [0.1, 0.15) is 25.6 Å². The molecule has 0 amide bonds. The number of hydrogen-bond donors (Lipinski definition) is 1. The summed E-state index contributed by atoms with van der Waals surface area (Å²) in [6, 6.07) is 4.72. The summed E-state index contributed by atoms with van der Waals surface area (Å²) in [6.07, 6.45) is 2.09. The maximum absolute atomic E-state index is 4.22. The van der Waals surface area contributed by atoms with Crippen LogP contribution in [0.25, 0.3) is 0 Å². The monoisotopic (exact) mass is 155 g/mol. The maximum Gasteiger partial charge on any atom is 0.0307 e. The van der Waals surface area contributed by atoms with Crippen molar-refractivity contribution < 1.29 is 0 Å². The number of hydrogen-bond acceptors (Lipinski definition) is 1. The molecular formula is C8H13NS. The molecule has 1 rings (SSSR count). The van der Waals surface area contributed by atoms with Crippen molar-refractivity contribution >= 4 is 12.6 Å². The summed E-state index contributed by atoms with van der Waals surface area (Å²) in [4.78, 5) is 0. The molecule has 0 saturated carbocycles. The van der Waals surface area contributed by atoms with E-state index in [4.69, 9.17) is 0 Å². The fraction of sp³-hybridized carbons (Fsp3) is 0.500. The Labute approximate surface area is 67.5 Å². The van der Waals surface area contributed by atoms with Gasteiger partial charge in [0.05, 0.1) is 0 Å². The van der Waals surface area contributed by atoms with Gasteiger partial charge in [-0.2, -0.15) is 12.6 Å². The van der Waals surface area contributed by atoms with E-state index in [1.807, 2.05) is 0 Å². The second kappa shape index (κ2) is 3.15. The fourth-order valence-corrected chi connectivity index (χ4v) is 1.34. The van der Waals surface area contributed by atoms with E-state index < -0.39 is 0 Å². The van der Waals surface area contributed by atoms with Gasteiger partial charge in [-0.05, 0) is 26.0 Å². The molecule has 0 saturated heterocycles. The van der Waals surface area contributed by atoms with Crippen LogP contribution >= 0.6 is 12.6 Å². The molecular weight excluding hydrogens is 142 g/mol. The van der Waals surface area contributed by atoms with Gasteiger partial charge >= 0.3 is 0 Å². The molecule has 0 aliphatic rings. The minimum Gasteiger partial charge on any atom is -0.348 e. The molecule has 0 radical (unpaired) electrons. The van der Waals surface area contributed by atoms with Gasteiger partial charge in [0.2, 0.25) is 0 Å². The summed E-state index contributed by atoms with van der Waals surface area (Å²) in [7, 11) is 0. The van der Waals surface area contributed by atoms with Crippen molar-refractivity contribution in [2.45, 2.75) is 25.6 Å². The first-order valence-electron chi connectivity index (χ1n) is 3.52. The number of thiol groups is 1. The van der Waals surface area contributed by atoms with Crippen LogP contribution in [0.4, 0.5) is 0 Å². The molecule has 0 fully saturated rings. The first-order chi connectivity index (χ1) is 4.75. The van der Waals surface area contributed by atoms with Crippen LogP contribution in [-0.4, -0.2) is 4.57 Å². The zero-order chi connectivity index (χ0) is 7.56. The molecule has 1 heterocycles. The van der Waals surface area contributed by atoms with Crippen molar-refractivity contribution in [3.05, 3.63) is 24.0 Å². The summed E-state index contributed by atoms with van der Waals surface area (Å²) < 4.78 is 2.23. The highest BCUT2D eigenvalue weighted by molar-refractivity contribution is 7.79. The van der Waals surface area contributed by atoms with Gasteiger partial charge in [-0.1, -0.05) is 0 Å². The van der Waals surface area contributed by atoms with Gasteiger partial charge in [0.15, 0.2) is 0 Å². The molecule has 10 heavy (non-hydrogen) atoms. The zero-order valence-corrected chi connectivity index (χ0v) is 7.31. The summed E-state index contributed by atoms with van der Waals surface area (Å²) in [6.45, 7) is 4.35. The van der Waals surface area contributed by atoms with Gasteiger partial charge in [0, 0.05) is 23.7 Å². The van der Waals surface area contributed by atoms with Crippen LogP contribution in [-0.2, 0) is 5.75 Å². The summed E-state index contributed by atoms with van der Waals surface area (Å²) in [5.74, 6) is 0.825. The summed E-state index contributed by atoms with van der Waals surface area (Å²) in [5, 5.41) is 0. The topological polar surface area (TPSA) is 4.93 Å². The highest BCUT2D eigenvalue weighted by Gasteiger charge is 2.00. The lowest BCUT2D eigenvalue weighted by Gasteiger charge is -2.10. The van der Waals surface area contributed by atoms with Crippen LogP contribution in [0, 0.1) is 0 Å². The van der Waals surface area contributed by atoms with Gasteiger partial charge in [-0.15, -0.1) is 0 Å². The van der Waals surface area contributed by atoms with Crippen LogP contribution < -0.4 is 0 Å². The van der Waals surface area contributed by atoms with Crippen LogP contribution in [0.3, 0.4) is 0 Å². The summed E-state index contributed by atoms with van der Waals surface area (Å²) in [5.41, 5.74) is 1.29. The Hall–Kier alpha value is -0.370. The Kier molecular flexibility index (Phi) is 2.44. The van der Waals surface area contributed by atoms with Crippen LogP contribution in [0.2, 0.25) is 0 Å². The van der Waals surface area contributed by atoms with Crippen molar-refractivity contribution in [1.82, 2.24) is 4.57 Å². The Morgan fingerprint density at radius 3 is 2.70 bits per heavy atom.